The highest BCUT2D eigenvalue weighted by molar-refractivity contribution is 8.69. The van der Waals surface area contributed by atoms with Gasteiger partial charge in [-0.2, -0.15) is 0 Å². The topological polar surface area (TPSA) is 69.6 Å². The van der Waals surface area contributed by atoms with Gasteiger partial charge in [0.15, 0.2) is 0 Å². The van der Waals surface area contributed by atoms with Crippen molar-refractivity contribution in [2.75, 3.05) is 13.1 Å². The molecule has 22 heavy (non-hydrogen) atoms. The van der Waals surface area contributed by atoms with Crippen molar-refractivity contribution < 1.29 is 14.7 Å². The first-order valence-corrected chi connectivity index (χ1v) is 9.50. The van der Waals surface area contributed by atoms with E-state index in [0.717, 1.165) is 25.8 Å². The highest BCUT2D eigenvalue weighted by atomic mass is 33.1. The van der Waals surface area contributed by atoms with E-state index < -0.39 is 6.23 Å². The van der Waals surface area contributed by atoms with Gasteiger partial charge >= 0.3 is 0 Å². The highest BCUT2D eigenvalue weighted by Gasteiger charge is 2.22. The maximum absolute atomic E-state index is 11.3. The zero-order chi connectivity index (χ0) is 16.6. The van der Waals surface area contributed by atoms with E-state index in [1.807, 2.05) is 0 Å². The minimum atomic E-state index is -0.590. The van der Waals surface area contributed by atoms with Gasteiger partial charge in [-0.25, -0.2) is 0 Å². The van der Waals surface area contributed by atoms with Crippen molar-refractivity contribution in [3.8, 4) is 0 Å². The fourth-order valence-electron chi connectivity index (χ4n) is 2.19. The molecule has 1 rings (SSSR count). The van der Waals surface area contributed by atoms with Crippen LogP contribution in [0.15, 0.2) is 12.2 Å². The van der Waals surface area contributed by atoms with Gasteiger partial charge in [0.1, 0.15) is 6.23 Å². The molecule has 126 valence electrons. The second-order valence-electron chi connectivity index (χ2n) is 6.08. The van der Waals surface area contributed by atoms with Crippen molar-refractivity contribution >= 4 is 34.3 Å². The molecule has 0 saturated heterocycles. The summed E-state index contributed by atoms with van der Waals surface area (Å²) in [5, 5.41) is 12.9. The normalized spacial score (nSPS) is 16.6. The van der Waals surface area contributed by atoms with Crippen molar-refractivity contribution in [2.24, 2.45) is 0 Å². The fraction of sp³-hybridized carbons (Fsp3) is 0.733. The number of unbranched alkanes of at least 4 members (excludes halogenated alkanes) is 1. The van der Waals surface area contributed by atoms with Crippen molar-refractivity contribution in [1.82, 2.24) is 10.2 Å². The number of amides is 2. The van der Waals surface area contributed by atoms with Gasteiger partial charge in [-0.15, -0.1) is 11.7 Å². The fourth-order valence-corrected chi connectivity index (χ4v) is 2.70. The van der Waals surface area contributed by atoms with Gasteiger partial charge in [-0.3, -0.25) is 19.8 Å². The number of thiol groups is 1. The minimum Gasteiger partial charge on any atom is -0.379 e. The largest absolute Gasteiger partial charge is 0.379 e. The number of nitrogens with zero attached hydrogens (tertiary/aromatic N) is 1. The number of rotatable bonds is 11. The Morgan fingerprint density at radius 3 is 2.50 bits per heavy atom. The summed E-state index contributed by atoms with van der Waals surface area (Å²) in [6, 6.07) is 0. The van der Waals surface area contributed by atoms with Crippen molar-refractivity contribution in [1.29, 1.82) is 0 Å². The lowest BCUT2D eigenvalue weighted by molar-refractivity contribution is -0.136. The Kier molecular flexibility index (Phi) is 8.53. The minimum absolute atomic E-state index is 0.185. The van der Waals surface area contributed by atoms with E-state index in [0.29, 0.717) is 19.4 Å². The second-order valence-corrected chi connectivity index (χ2v) is 7.92. The molecule has 0 spiro atoms. The lowest BCUT2D eigenvalue weighted by Crippen LogP contribution is -2.34. The third kappa shape index (κ3) is 7.17. The third-order valence-corrected chi connectivity index (χ3v) is 5.77. The Bertz CT molecular complexity index is 396. The standard InChI is InChI=1S/C15H26N2O3S2/c1-15(2,22-21)9-3-4-10-16-12(18)6-5-11-17-13(19)7-8-14(17)20/h7-8,12,16,18,21H,3-6,9-11H2,1-2H3. The molecule has 1 atom stereocenters. The van der Waals surface area contributed by atoms with Crippen LogP contribution in [0.1, 0.15) is 46.0 Å². The maximum Gasteiger partial charge on any atom is 0.253 e. The first kappa shape index (κ1) is 19.5. The molecule has 0 aliphatic carbocycles. The quantitative estimate of drug-likeness (QED) is 0.176. The molecule has 0 fully saturated rings. The second kappa shape index (κ2) is 9.60. The van der Waals surface area contributed by atoms with Crippen molar-refractivity contribution in [3.63, 3.8) is 0 Å². The van der Waals surface area contributed by atoms with Gasteiger partial charge in [-0.05, 0) is 46.1 Å². The Labute approximate surface area is 141 Å². The van der Waals surface area contributed by atoms with Crippen LogP contribution < -0.4 is 5.32 Å². The Hall–Kier alpha value is -0.500. The van der Waals surface area contributed by atoms with Crippen LogP contribution >= 0.6 is 22.5 Å². The molecule has 1 heterocycles. The van der Waals surface area contributed by atoms with Crippen LogP contribution in [0.4, 0.5) is 0 Å². The first-order valence-electron chi connectivity index (χ1n) is 7.63. The van der Waals surface area contributed by atoms with Crippen LogP contribution in [-0.4, -0.2) is 45.9 Å². The van der Waals surface area contributed by atoms with E-state index >= 15 is 0 Å². The molecule has 1 unspecified atom stereocenters. The lowest BCUT2D eigenvalue weighted by Gasteiger charge is -2.21. The first-order chi connectivity index (χ1) is 10.4. The number of aliphatic hydroxyl groups excluding tert-OH is 1. The highest BCUT2D eigenvalue weighted by Crippen LogP contribution is 2.32. The van der Waals surface area contributed by atoms with Gasteiger partial charge in [0.2, 0.25) is 0 Å². The van der Waals surface area contributed by atoms with E-state index in [-0.39, 0.29) is 16.6 Å². The summed E-state index contributed by atoms with van der Waals surface area (Å²) in [5.74, 6) is -0.533. The molecule has 0 bridgehead atoms. The summed E-state index contributed by atoms with van der Waals surface area (Å²) in [6.07, 6.45) is 6.26. The molecule has 1 aliphatic heterocycles. The van der Waals surface area contributed by atoms with Gasteiger partial charge < -0.3 is 5.11 Å². The monoisotopic (exact) mass is 346 g/mol. The molecule has 0 radical (unpaired) electrons. The van der Waals surface area contributed by atoms with E-state index in [9.17, 15) is 14.7 Å². The molecule has 0 saturated carbocycles. The molecule has 1 aliphatic rings. The van der Waals surface area contributed by atoms with Gasteiger partial charge in [0.25, 0.3) is 11.8 Å². The summed E-state index contributed by atoms with van der Waals surface area (Å²) in [4.78, 5) is 23.9. The van der Waals surface area contributed by atoms with Crippen LogP contribution in [-0.2, 0) is 9.59 Å². The molecular formula is C15H26N2O3S2. The summed E-state index contributed by atoms with van der Waals surface area (Å²) in [5.41, 5.74) is 0. The summed E-state index contributed by atoms with van der Waals surface area (Å²) >= 11 is 4.25. The third-order valence-electron chi connectivity index (χ3n) is 3.59. The zero-order valence-corrected chi connectivity index (χ0v) is 15.0. The van der Waals surface area contributed by atoms with Crippen LogP contribution in [0, 0.1) is 0 Å². The molecule has 5 nitrogen and oxygen atoms in total. The van der Waals surface area contributed by atoms with E-state index in [1.165, 1.54) is 17.1 Å². The summed E-state index contributed by atoms with van der Waals surface area (Å²) in [6.45, 7) is 5.46. The molecule has 2 amide bonds. The molecule has 0 aromatic rings. The Balaban J connectivity index is 2.03. The van der Waals surface area contributed by atoms with Crippen LogP contribution in [0.2, 0.25) is 0 Å². The lowest BCUT2D eigenvalue weighted by atomic mass is 10.1. The molecular weight excluding hydrogens is 320 g/mol. The number of carbonyl (C=O) groups is 2. The van der Waals surface area contributed by atoms with Gasteiger partial charge in [0, 0.05) is 23.4 Å². The summed E-state index contributed by atoms with van der Waals surface area (Å²) < 4.78 is 0.185. The van der Waals surface area contributed by atoms with Crippen molar-refractivity contribution in [3.05, 3.63) is 12.2 Å². The zero-order valence-electron chi connectivity index (χ0n) is 13.2. The van der Waals surface area contributed by atoms with E-state index in [2.05, 4.69) is 30.8 Å². The molecule has 2 N–H and O–H groups in total. The van der Waals surface area contributed by atoms with Crippen LogP contribution in [0.3, 0.4) is 0 Å². The number of hydrogen-bond donors (Lipinski definition) is 3. The predicted molar refractivity (Wildman–Crippen MR) is 93.6 cm³/mol. The SMILES string of the molecule is CC(C)(CCCCNC(O)CCCN1C(=O)C=CC1=O)SS. The number of hydrogen-bond acceptors (Lipinski definition) is 6. The van der Waals surface area contributed by atoms with Gasteiger partial charge in [-0.1, -0.05) is 17.2 Å². The maximum atomic E-state index is 11.3. The number of imide groups is 1. The average Bonchev–Trinajstić information content (AvgIpc) is 2.78. The van der Waals surface area contributed by atoms with Crippen molar-refractivity contribution in [2.45, 2.75) is 56.9 Å². The van der Waals surface area contributed by atoms with E-state index in [1.54, 1.807) is 10.8 Å². The molecule has 0 aromatic heterocycles. The van der Waals surface area contributed by atoms with Gasteiger partial charge in [0.05, 0.1) is 0 Å². The summed E-state index contributed by atoms with van der Waals surface area (Å²) in [7, 11) is 1.57. The number of nitrogens with one attached hydrogen (secondary N) is 1. The van der Waals surface area contributed by atoms with E-state index in [4.69, 9.17) is 0 Å². The smallest absolute Gasteiger partial charge is 0.253 e. The predicted octanol–water partition coefficient (Wildman–Crippen LogP) is 2.13. The average molecular weight is 347 g/mol. The number of aliphatic hydroxyl groups is 1. The molecule has 0 aromatic carbocycles. The van der Waals surface area contributed by atoms with Crippen LogP contribution in [0.5, 0.6) is 0 Å². The Morgan fingerprint density at radius 2 is 1.91 bits per heavy atom. The van der Waals surface area contributed by atoms with Crippen LogP contribution in [0.25, 0.3) is 0 Å². The molecule has 7 heteroatoms. The Morgan fingerprint density at radius 1 is 1.27 bits per heavy atom. The number of carbonyl (C=O) groups excluding carboxylic acids is 2.